The van der Waals surface area contributed by atoms with E-state index in [0.29, 0.717) is 35.1 Å². The van der Waals surface area contributed by atoms with Gasteiger partial charge in [0, 0.05) is 56.9 Å². The predicted molar refractivity (Wildman–Crippen MR) is 117 cm³/mol. The van der Waals surface area contributed by atoms with E-state index in [1.54, 1.807) is 13.2 Å². The summed E-state index contributed by atoms with van der Waals surface area (Å²) in [5.74, 6) is 0.596. The molecule has 2 heterocycles. The average Bonchev–Trinajstić information content (AvgIpc) is 3.15. The van der Waals surface area contributed by atoms with Gasteiger partial charge < -0.3 is 25.0 Å². The molecular weight excluding hydrogens is 390 g/mol. The quantitative estimate of drug-likeness (QED) is 0.559. The predicted octanol–water partition coefficient (Wildman–Crippen LogP) is 3.60. The molecule has 0 aromatic heterocycles. The number of ether oxygens (including phenoxy) is 2. The van der Waals surface area contributed by atoms with Gasteiger partial charge in [0.15, 0.2) is 0 Å². The van der Waals surface area contributed by atoms with E-state index in [1.165, 1.54) is 0 Å². The van der Waals surface area contributed by atoms with E-state index < -0.39 is 0 Å². The summed E-state index contributed by atoms with van der Waals surface area (Å²) in [7, 11) is 1.74. The van der Waals surface area contributed by atoms with Crippen LogP contribution in [-0.4, -0.2) is 67.2 Å². The van der Waals surface area contributed by atoms with Crippen LogP contribution >= 0.6 is 11.6 Å². The molecule has 0 atom stereocenters. The van der Waals surface area contributed by atoms with Gasteiger partial charge in [-0.05, 0) is 46.1 Å². The molecule has 1 aromatic carbocycles. The number of benzene rings is 1. The summed E-state index contributed by atoms with van der Waals surface area (Å²) in [6.07, 6.45) is 3.65. The molecule has 1 fully saturated rings. The summed E-state index contributed by atoms with van der Waals surface area (Å²) >= 11 is 6.36. The number of piperidine rings is 1. The molecule has 2 N–H and O–H groups in total. The van der Waals surface area contributed by atoms with Crippen molar-refractivity contribution in [2.45, 2.75) is 58.0 Å². The molecule has 1 aromatic rings. The Morgan fingerprint density at radius 2 is 2.07 bits per heavy atom. The van der Waals surface area contributed by atoms with E-state index >= 15 is 0 Å². The lowest BCUT2D eigenvalue weighted by Crippen LogP contribution is -2.55. The van der Waals surface area contributed by atoms with Gasteiger partial charge >= 0.3 is 0 Å². The Kier molecular flexibility index (Phi) is 6.97. The number of fused-ring (bicyclic) bond motifs is 1. The Morgan fingerprint density at radius 3 is 2.69 bits per heavy atom. The second-order valence-corrected chi connectivity index (χ2v) is 9.40. The minimum absolute atomic E-state index is 0.0182. The summed E-state index contributed by atoms with van der Waals surface area (Å²) in [5.41, 5.74) is 7.75. The number of nitrogen functional groups attached to an aromatic ring is 1. The van der Waals surface area contributed by atoms with Gasteiger partial charge in [-0.3, -0.25) is 4.79 Å². The number of carbonyl (C=O) groups is 1. The second-order valence-electron chi connectivity index (χ2n) is 8.99. The number of anilines is 1. The van der Waals surface area contributed by atoms with Crippen molar-refractivity contribution in [3.8, 4) is 5.75 Å². The van der Waals surface area contributed by atoms with Crippen LogP contribution in [0.1, 0.15) is 56.0 Å². The number of likely N-dealkylation sites (tertiary alicyclic amines) is 1. The van der Waals surface area contributed by atoms with E-state index in [9.17, 15) is 4.79 Å². The monoisotopic (exact) mass is 423 g/mol. The van der Waals surface area contributed by atoms with Crippen LogP contribution in [0.4, 0.5) is 5.69 Å². The van der Waals surface area contributed by atoms with Gasteiger partial charge in [0.25, 0.3) is 5.91 Å². The molecule has 2 aliphatic heterocycles. The number of nitrogens with two attached hydrogens (primary N) is 1. The number of carbonyl (C=O) groups excluding carboxylic acids is 1. The molecule has 1 saturated heterocycles. The molecular formula is C22H34ClN3O3. The molecule has 6 nitrogen and oxygen atoms in total. The topological polar surface area (TPSA) is 68.0 Å². The Morgan fingerprint density at radius 1 is 1.38 bits per heavy atom. The SMILES string of the molecule is COCCCN1CCC(N(C(=O)c2cc(Cl)c(N)c3c2OCC3)C(C)(C)C)CC1. The molecule has 0 radical (unpaired) electrons. The van der Waals surface area contributed by atoms with Gasteiger partial charge in [0.05, 0.1) is 22.9 Å². The van der Waals surface area contributed by atoms with Gasteiger partial charge in [0.1, 0.15) is 5.75 Å². The van der Waals surface area contributed by atoms with Crippen LogP contribution in [0.25, 0.3) is 0 Å². The fourth-order valence-electron chi connectivity index (χ4n) is 4.51. The van der Waals surface area contributed by atoms with Crippen molar-refractivity contribution >= 4 is 23.2 Å². The van der Waals surface area contributed by atoms with Crippen LogP contribution in [0.2, 0.25) is 5.02 Å². The molecule has 1 amide bonds. The minimum Gasteiger partial charge on any atom is -0.492 e. The van der Waals surface area contributed by atoms with Gasteiger partial charge in [-0.2, -0.15) is 0 Å². The third-order valence-electron chi connectivity index (χ3n) is 5.89. The lowest BCUT2D eigenvalue weighted by molar-refractivity contribution is 0.0276. The Balaban J connectivity index is 1.80. The van der Waals surface area contributed by atoms with Crippen molar-refractivity contribution in [3.63, 3.8) is 0 Å². The van der Waals surface area contributed by atoms with Crippen molar-refractivity contribution in [1.29, 1.82) is 0 Å². The van der Waals surface area contributed by atoms with Gasteiger partial charge in [-0.1, -0.05) is 11.6 Å². The number of hydrogen-bond donors (Lipinski definition) is 1. The zero-order chi connectivity index (χ0) is 21.2. The second kappa shape index (κ2) is 9.11. The zero-order valence-electron chi connectivity index (χ0n) is 18.1. The van der Waals surface area contributed by atoms with E-state index in [1.807, 2.05) is 4.90 Å². The molecule has 0 spiro atoms. The molecule has 0 aliphatic carbocycles. The van der Waals surface area contributed by atoms with Crippen molar-refractivity contribution in [2.24, 2.45) is 0 Å². The fourth-order valence-corrected chi connectivity index (χ4v) is 4.73. The molecule has 2 aliphatic rings. The average molecular weight is 424 g/mol. The van der Waals surface area contributed by atoms with E-state index in [4.69, 9.17) is 26.8 Å². The number of rotatable bonds is 6. The van der Waals surface area contributed by atoms with Crippen LogP contribution in [0.5, 0.6) is 5.75 Å². The standard InChI is InChI=1S/C22H34ClN3O3/c1-22(2,3)26(15-6-10-25(11-7-15)9-5-12-28-4)21(27)17-14-18(23)19(24)16-8-13-29-20(16)17/h14-15H,5-13,24H2,1-4H3. The molecule has 3 rings (SSSR count). The minimum atomic E-state index is -0.306. The highest BCUT2D eigenvalue weighted by atomic mass is 35.5. The van der Waals surface area contributed by atoms with Gasteiger partial charge in [-0.25, -0.2) is 0 Å². The first kappa shape index (κ1) is 22.2. The van der Waals surface area contributed by atoms with E-state index in [2.05, 4.69) is 25.7 Å². The van der Waals surface area contributed by atoms with Crippen molar-refractivity contribution in [3.05, 3.63) is 22.2 Å². The number of amides is 1. The van der Waals surface area contributed by atoms with Crippen molar-refractivity contribution in [1.82, 2.24) is 9.80 Å². The van der Waals surface area contributed by atoms with Crippen molar-refractivity contribution in [2.75, 3.05) is 45.7 Å². The third-order valence-corrected chi connectivity index (χ3v) is 6.20. The van der Waals surface area contributed by atoms with E-state index in [0.717, 1.165) is 51.1 Å². The first-order valence-corrected chi connectivity index (χ1v) is 10.9. The lowest BCUT2D eigenvalue weighted by Gasteiger charge is -2.45. The van der Waals surface area contributed by atoms with Crippen LogP contribution in [-0.2, 0) is 11.2 Å². The number of nitrogens with zero attached hydrogens (tertiary/aromatic N) is 2. The van der Waals surface area contributed by atoms with Crippen LogP contribution in [0, 0.1) is 0 Å². The third kappa shape index (κ3) is 4.81. The summed E-state index contributed by atoms with van der Waals surface area (Å²) < 4.78 is 11.0. The highest BCUT2D eigenvalue weighted by molar-refractivity contribution is 6.33. The van der Waals surface area contributed by atoms with Gasteiger partial charge in [-0.15, -0.1) is 0 Å². The summed E-state index contributed by atoms with van der Waals surface area (Å²) in [4.78, 5) is 18.2. The molecule has 0 bridgehead atoms. The maximum Gasteiger partial charge on any atom is 0.258 e. The zero-order valence-corrected chi connectivity index (χ0v) is 18.8. The molecule has 0 unspecified atom stereocenters. The summed E-state index contributed by atoms with van der Waals surface area (Å²) in [6, 6.07) is 1.87. The smallest absolute Gasteiger partial charge is 0.258 e. The van der Waals surface area contributed by atoms with Crippen LogP contribution in [0.3, 0.4) is 0 Å². The normalized spacial score (nSPS) is 17.8. The molecule has 162 valence electrons. The number of methoxy groups -OCH3 is 1. The Labute approximate surface area is 179 Å². The number of halogens is 1. The highest BCUT2D eigenvalue weighted by Gasteiger charge is 2.38. The summed E-state index contributed by atoms with van der Waals surface area (Å²) in [5, 5.41) is 0.430. The maximum atomic E-state index is 13.7. The Hall–Kier alpha value is -1.50. The lowest BCUT2D eigenvalue weighted by atomic mass is 9.94. The van der Waals surface area contributed by atoms with Crippen LogP contribution < -0.4 is 10.5 Å². The summed E-state index contributed by atoms with van der Waals surface area (Å²) in [6.45, 7) is 10.6. The van der Waals surface area contributed by atoms with Crippen LogP contribution in [0.15, 0.2) is 6.07 Å². The first-order valence-electron chi connectivity index (χ1n) is 10.5. The van der Waals surface area contributed by atoms with E-state index in [-0.39, 0.29) is 17.5 Å². The Bertz CT molecular complexity index is 740. The number of hydrogen-bond acceptors (Lipinski definition) is 5. The van der Waals surface area contributed by atoms with Crippen molar-refractivity contribution < 1.29 is 14.3 Å². The molecule has 29 heavy (non-hydrogen) atoms. The first-order chi connectivity index (χ1) is 13.7. The molecule has 7 heteroatoms. The fraction of sp³-hybridized carbons (Fsp3) is 0.682. The van der Waals surface area contributed by atoms with Gasteiger partial charge in [0.2, 0.25) is 0 Å². The maximum absolute atomic E-state index is 13.7. The highest BCUT2D eigenvalue weighted by Crippen LogP contribution is 2.40. The largest absolute Gasteiger partial charge is 0.492 e. The molecule has 0 saturated carbocycles.